The first-order valence-corrected chi connectivity index (χ1v) is 11.5. The second-order valence-electron chi connectivity index (χ2n) is 9.45. The largest absolute Gasteiger partial charge is 0.422 e. The van der Waals surface area contributed by atoms with Crippen molar-refractivity contribution in [3.05, 3.63) is 63.4 Å². The van der Waals surface area contributed by atoms with Gasteiger partial charge >= 0.3 is 5.76 Å². The number of fused-ring (bicyclic) bond motifs is 1. The fraction of sp³-hybridized carbons (Fsp3) is 0.560. The zero-order valence-electron chi connectivity index (χ0n) is 19.8. The highest BCUT2D eigenvalue weighted by atomic mass is 16.4. The van der Waals surface area contributed by atoms with E-state index in [0.717, 1.165) is 36.1 Å². The number of para-hydroxylation sites is 1. The van der Waals surface area contributed by atoms with Crippen LogP contribution in [0.25, 0.3) is 11.0 Å². The van der Waals surface area contributed by atoms with E-state index in [1.807, 2.05) is 10.8 Å². The van der Waals surface area contributed by atoms with Gasteiger partial charge < -0.3 is 14.1 Å². The van der Waals surface area contributed by atoms with Gasteiger partial charge in [-0.1, -0.05) is 59.6 Å². The maximum atomic E-state index is 12.8. The number of imidazole rings is 1. The molecule has 1 aromatic carbocycles. The molecule has 0 saturated heterocycles. The van der Waals surface area contributed by atoms with E-state index in [-0.39, 0.29) is 29.5 Å². The Kier molecular flexibility index (Phi) is 7.08. The van der Waals surface area contributed by atoms with Crippen LogP contribution in [0.15, 0.2) is 50.7 Å². The van der Waals surface area contributed by atoms with Gasteiger partial charge in [0.15, 0.2) is 0 Å². The third-order valence-electron chi connectivity index (χ3n) is 7.14. The summed E-state index contributed by atoms with van der Waals surface area (Å²) in [5.41, 5.74) is -0.152. The Hall–Kier alpha value is -2.67. The minimum Gasteiger partial charge on any atom is -0.409 e. The highest BCUT2D eigenvalue weighted by Gasteiger charge is 2.36. The molecule has 7 heteroatoms. The molecule has 0 saturated carbocycles. The minimum atomic E-state index is -0.949. The van der Waals surface area contributed by atoms with Crippen LogP contribution in [0, 0.1) is 5.41 Å². The average molecular weight is 442 g/mol. The lowest BCUT2D eigenvalue weighted by Crippen LogP contribution is -2.38. The number of rotatable bonds is 10. The normalized spacial score (nSPS) is 15.1. The molecule has 0 fully saturated rings. The standard InChI is InChI=1S/C25H35N3O4/c1-6-24(4,7-2)17-25(5,8-3)22-26-13-14-27(22)15-18(29)16-28-21(30)19-11-9-10-12-20(19)32-23(28)31/h9-14,18,29H,6-8,15-17H2,1-5H3. The summed E-state index contributed by atoms with van der Waals surface area (Å²) in [7, 11) is 0. The van der Waals surface area contributed by atoms with Crippen LogP contribution < -0.4 is 11.3 Å². The van der Waals surface area contributed by atoms with E-state index in [9.17, 15) is 14.7 Å². The van der Waals surface area contributed by atoms with Crippen LogP contribution in [0.5, 0.6) is 0 Å². The zero-order valence-corrected chi connectivity index (χ0v) is 19.8. The fourth-order valence-corrected chi connectivity index (χ4v) is 4.55. The van der Waals surface area contributed by atoms with E-state index in [1.54, 1.807) is 30.5 Å². The van der Waals surface area contributed by atoms with Gasteiger partial charge in [0.1, 0.15) is 11.4 Å². The van der Waals surface area contributed by atoms with E-state index in [0.29, 0.717) is 5.39 Å². The summed E-state index contributed by atoms with van der Waals surface area (Å²) in [5.74, 6) is 0.156. The number of hydrogen-bond acceptors (Lipinski definition) is 5. The Balaban J connectivity index is 1.86. The summed E-state index contributed by atoms with van der Waals surface area (Å²) in [6.07, 6.45) is 6.74. The van der Waals surface area contributed by atoms with Crippen molar-refractivity contribution in [2.24, 2.45) is 5.41 Å². The van der Waals surface area contributed by atoms with Crippen LogP contribution in [0.4, 0.5) is 0 Å². The second-order valence-corrected chi connectivity index (χ2v) is 9.45. The number of aromatic nitrogens is 3. The molecule has 0 aliphatic heterocycles. The van der Waals surface area contributed by atoms with Crippen molar-refractivity contribution < 1.29 is 9.52 Å². The molecule has 0 spiro atoms. The second kappa shape index (κ2) is 9.45. The molecule has 3 rings (SSSR count). The summed E-state index contributed by atoms with van der Waals surface area (Å²) in [4.78, 5) is 29.8. The fourth-order valence-electron chi connectivity index (χ4n) is 4.55. The molecular weight excluding hydrogens is 406 g/mol. The summed E-state index contributed by atoms with van der Waals surface area (Å²) in [6, 6.07) is 6.62. The number of benzene rings is 1. The molecule has 174 valence electrons. The summed E-state index contributed by atoms with van der Waals surface area (Å²) >= 11 is 0. The predicted octanol–water partition coefficient (Wildman–Crippen LogP) is 4.10. The van der Waals surface area contributed by atoms with Gasteiger partial charge in [-0.15, -0.1) is 0 Å². The van der Waals surface area contributed by atoms with Crippen molar-refractivity contribution in [3.8, 4) is 0 Å². The molecule has 0 aliphatic carbocycles. The van der Waals surface area contributed by atoms with Crippen LogP contribution in [-0.4, -0.2) is 25.3 Å². The zero-order chi connectivity index (χ0) is 23.5. The van der Waals surface area contributed by atoms with E-state index in [4.69, 9.17) is 4.42 Å². The first-order chi connectivity index (χ1) is 15.2. The molecule has 2 aromatic heterocycles. The first kappa shape index (κ1) is 24.0. The summed E-state index contributed by atoms with van der Waals surface area (Å²) in [6.45, 7) is 11.2. The predicted molar refractivity (Wildman–Crippen MR) is 126 cm³/mol. The molecule has 2 atom stereocenters. The molecule has 0 amide bonds. The number of aliphatic hydroxyl groups is 1. The molecular formula is C25H35N3O4. The van der Waals surface area contributed by atoms with Crippen molar-refractivity contribution in [1.82, 2.24) is 14.1 Å². The van der Waals surface area contributed by atoms with E-state index in [2.05, 4.69) is 39.6 Å². The molecule has 3 aromatic rings. The Bertz CT molecular complexity index is 1170. The smallest absolute Gasteiger partial charge is 0.409 e. The van der Waals surface area contributed by atoms with Crippen LogP contribution in [0.2, 0.25) is 0 Å². The van der Waals surface area contributed by atoms with Crippen LogP contribution >= 0.6 is 0 Å². The Morgan fingerprint density at radius 2 is 1.75 bits per heavy atom. The Morgan fingerprint density at radius 1 is 1.06 bits per heavy atom. The number of aliphatic hydroxyl groups excluding tert-OH is 1. The quantitative estimate of drug-likeness (QED) is 0.512. The van der Waals surface area contributed by atoms with E-state index >= 15 is 0 Å². The van der Waals surface area contributed by atoms with Gasteiger partial charge in [0.2, 0.25) is 0 Å². The van der Waals surface area contributed by atoms with E-state index < -0.39 is 17.4 Å². The molecule has 2 heterocycles. The highest BCUT2D eigenvalue weighted by molar-refractivity contribution is 5.74. The summed E-state index contributed by atoms with van der Waals surface area (Å²) in [5, 5.41) is 11.1. The first-order valence-electron chi connectivity index (χ1n) is 11.5. The monoisotopic (exact) mass is 441 g/mol. The maximum Gasteiger partial charge on any atom is 0.422 e. The van der Waals surface area contributed by atoms with Crippen LogP contribution in [-0.2, 0) is 18.5 Å². The van der Waals surface area contributed by atoms with Gasteiger partial charge in [0, 0.05) is 17.8 Å². The van der Waals surface area contributed by atoms with Gasteiger partial charge in [-0.25, -0.2) is 14.3 Å². The van der Waals surface area contributed by atoms with Crippen LogP contribution in [0.1, 0.15) is 66.1 Å². The van der Waals surface area contributed by atoms with Gasteiger partial charge in [-0.2, -0.15) is 0 Å². The van der Waals surface area contributed by atoms with Gasteiger partial charge in [0.05, 0.1) is 24.6 Å². The van der Waals surface area contributed by atoms with Crippen molar-refractivity contribution in [2.45, 2.75) is 84.9 Å². The van der Waals surface area contributed by atoms with Crippen LogP contribution in [0.3, 0.4) is 0 Å². The van der Waals surface area contributed by atoms with Gasteiger partial charge in [0.25, 0.3) is 5.56 Å². The molecule has 32 heavy (non-hydrogen) atoms. The third-order valence-corrected chi connectivity index (χ3v) is 7.14. The van der Waals surface area contributed by atoms with Crippen molar-refractivity contribution in [2.75, 3.05) is 0 Å². The minimum absolute atomic E-state index is 0.145. The molecule has 0 aliphatic rings. The molecule has 0 bridgehead atoms. The Morgan fingerprint density at radius 3 is 2.41 bits per heavy atom. The average Bonchev–Trinajstić information content (AvgIpc) is 3.25. The topological polar surface area (TPSA) is 90.3 Å². The third kappa shape index (κ3) is 4.72. The lowest BCUT2D eigenvalue weighted by molar-refractivity contribution is 0.123. The van der Waals surface area contributed by atoms with Gasteiger partial charge in [-0.05, 0) is 30.4 Å². The van der Waals surface area contributed by atoms with Gasteiger partial charge in [-0.3, -0.25) is 4.79 Å². The number of hydrogen-bond donors (Lipinski definition) is 1. The Labute approximate surface area is 188 Å². The number of nitrogens with zero attached hydrogens (tertiary/aromatic N) is 3. The van der Waals surface area contributed by atoms with Crippen molar-refractivity contribution >= 4 is 11.0 Å². The van der Waals surface area contributed by atoms with E-state index in [1.165, 1.54) is 0 Å². The summed E-state index contributed by atoms with van der Waals surface area (Å²) < 4.78 is 8.18. The van der Waals surface area contributed by atoms with Crippen molar-refractivity contribution in [3.63, 3.8) is 0 Å². The molecule has 1 N–H and O–H groups in total. The van der Waals surface area contributed by atoms with Crippen molar-refractivity contribution in [1.29, 1.82) is 0 Å². The lowest BCUT2D eigenvalue weighted by Gasteiger charge is -2.38. The maximum absolute atomic E-state index is 12.8. The molecule has 7 nitrogen and oxygen atoms in total. The molecule has 2 unspecified atom stereocenters. The molecule has 0 radical (unpaired) electrons. The highest BCUT2D eigenvalue weighted by Crippen LogP contribution is 2.42. The lowest BCUT2D eigenvalue weighted by atomic mass is 9.68. The SMILES string of the molecule is CCC(C)(CC)CC(C)(CC)c1nccn1CC(O)Cn1c(=O)oc2ccccc2c1=O.